The van der Waals surface area contributed by atoms with Gasteiger partial charge in [0.05, 0.1) is 16.1 Å². The van der Waals surface area contributed by atoms with Gasteiger partial charge in [-0.25, -0.2) is 9.59 Å². The van der Waals surface area contributed by atoms with Gasteiger partial charge in [-0.15, -0.1) is 0 Å². The summed E-state index contributed by atoms with van der Waals surface area (Å²) in [5.41, 5.74) is 2.41. The van der Waals surface area contributed by atoms with Crippen molar-refractivity contribution < 1.29 is 24.5 Å². The van der Waals surface area contributed by atoms with Crippen molar-refractivity contribution in [1.29, 1.82) is 0 Å². The molecule has 0 unspecified atom stereocenters. The highest BCUT2D eigenvalue weighted by Crippen LogP contribution is 2.34. The van der Waals surface area contributed by atoms with Crippen molar-refractivity contribution in [3.05, 3.63) is 63.1 Å². The predicted octanol–water partition coefficient (Wildman–Crippen LogP) is 4.13. The van der Waals surface area contributed by atoms with Crippen molar-refractivity contribution in [2.75, 3.05) is 13.2 Å². The minimum absolute atomic E-state index is 0.642. The molecule has 0 atom stereocenters. The van der Waals surface area contributed by atoms with E-state index in [1.54, 1.807) is 0 Å². The average molecular weight is 459 g/mol. The molecule has 2 rings (SSSR count). The lowest BCUT2D eigenvalue weighted by atomic mass is 10.2. The van der Waals surface area contributed by atoms with E-state index >= 15 is 0 Å². The number of benzene rings is 2. The summed E-state index contributed by atoms with van der Waals surface area (Å²) in [6.45, 7) is 4.45. The first-order valence-electron chi connectivity index (χ1n) is 8.10. The Kier molecular flexibility index (Phi) is 10.5. The van der Waals surface area contributed by atoms with Gasteiger partial charge < -0.3 is 20.3 Å². The van der Waals surface area contributed by atoms with Gasteiger partial charge >= 0.3 is 11.9 Å². The molecule has 0 aromatic heterocycles. The first kappa shape index (κ1) is 23.0. The number of nitrogens with one attached hydrogen (secondary N) is 1. The monoisotopic (exact) mass is 457 g/mol. The minimum Gasteiger partial charge on any atom is -0.491 e. The molecule has 0 fully saturated rings. The summed E-state index contributed by atoms with van der Waals surface area (Å²) in [5.74, 6) is -2.92. The first-order valence-corrected chi connectivity index (χ1v) is 9.27. The van der Waals surface area contributed by atoms with Crippen LogP contribution in [0.4, 0.5) is 0 Å². The summed E-state index contributed by atoms with van der Waals surface area (Å²) >= 11 is 9.67. The van der Waals surface area contributed by atoms with Crippen LogP contribution in [-0.4, -0.2) is 35.3 Å². The van der Waals surface area contributed by atoms with E-state index < -0.39 is 11.9 Å². The standard InChI is InChI=1S/C17H19BrClNO.C2H2O4/c1-13-10-15(18)17(16(19)11-13)21-9-5-8-20-12-14-6-3-2-4-7-14;3-1(4)2(5)6/h2-4,6-7,10-11,20H,5,8-9,12H2,1H3;(H,3,4)(H,5,6). The number of rotatable bonds is 7. The van der Waals surface area contributed by atoms with Crippen LogP contribution in [0.2, 0.25) is 5.02 Å². The van der Waals surface area contributed by atoms with Crippen LogP contribution >= 0.6 is 27.5 Å². The lowest BCUT2D eigenvalue weighted by Crippen LogP contribution is -2.17. The summed E-state index contributed by atoms with van der Waals surface area (Å²) in [6, 6.07) is 14.3. The van der Waals surface area contributed by atoms with E-state index in [0.717, 1.165) is 35.3 Å². The highest BCUT2D eigenvalue weighted by Gasteiger charge is 2.07. The third kappa shape index (κ3) is 9.42. The Bertz CT molecular complexity index is 720. The van der Waals surface area contributed by atoms with Gasteiger partial charge in [-0.1, -0.05) is 41.9 Å². The molecular formula is C19H21BrClNO5. The molecule has 2 aromatic carbocycles. The molecule has 146 valence electrons. The van der Waals surface area contributed by atoms with Crippen LogP contribution in [0.15, 0.2) is 46.9 Å². The molecule has 0 aliphatic carbocycles. The first-order chi connectivity index (χ1) is 12.8. The summed E-state index contributed by atoms with van der Waals surface area (Å²) in [5, 5.41) is 18.8. The van der Waals surface area contributed by atoms with Crippen molar-refractivity contribution in [3.63, 3.8) is 0 Å². The molecule has 2 aromatic rings. The van der Waals surface area contributed by atoms with E-state index in [0.29, 0.717) is 11.6 Å². The van der Waals surface area contributed by atoms with Crippen LogP contribution in [0.5, 0.6) is 5.75 Å². The number of hydrogen-bond acceptors (Lipinski definition) is 4. The van der Waals surface area contributed by atoms with Crippen LogP contribution in [0, 0.1) is 6.92 Å². The number of aliphatic carboxylic acids is 2. The zero-order valence-electron chi connectivity index (χ0n) is 14.7. The topological polar surface area (TPSA) is 95.9 Å². The number of carboxylic acids is 2. The molecule has 3 N–H and O–H groups in total. The Morgan fingerprint density at radius 3 is 2.33 bits per heavy atom. The van der Waals surface area contributed by atoms with E-state index in [1.165, 1.54) is 5.56 Å². The minimum atomic E-state index is -1.82. The smallest absolute Gasteiger partial charge is 0.414 e. The van der Waals surface area contributed by atoms with Crippen molar-refractivity contribution in [2.45, 2.75) is 19.9 Å². The third-order valence-electron chi connectivity index (χ3n) is 3.24. The fourth-order valence-corrected chi connectivity index (χ4v) is 3.16. The maximum absolute atomic E-state index is 9.10. The second-order valence-electron chi connectivity index (χ2n) is 5.53. The lowest BCUT2D eigenvalue weighted by Gasteiger charge is -2.11. The van der Waals surface area contributed by atoms with Gasteiger partial charge in [-0.3, -0.25) is 0 Å². The van der Waals surface area contributed by atoms with Crippen LogP contribution < -0.4 is 10.1 Å². The normalized spacial score (nSPS) is 9.89. The molecular weight excluding hydrogens is 438 g/mol. The fourth-order valence-electron chi connectivity index (χ4n) is 2.02. The van der Waals surface area contributed by atoms with Gasteiger partial charge in [-0.05, 0) is 59.1 Å². The molecule has 8 heteroatoms. The van der Waals surface area contributed by atoms with E-state index in [9.17, 15) is 0 Å². The van der Waals surface area contributed by atoms with E-state index in [-0.39, 0.29) is 0 Å². The molecule has 0 saturated heterocycles. The summed E-state index contributed by atoms with van der Waals surface area (Å²) < 4.78 is 6.66. The highest BCUT2D eigenvalue weighted by molar-refractivity contribution is 9.10. The largest absolute Gasteiger partial charge is 0.491 e. The maximum Gasteiger partial charge on any atom is 0.414 e. The second-order valence-corrected chi connectivity index (χ2v) is 6.79. The Balaban J connectivity index is 0.000000527. The van der Waals surface area contributed by atoms with Gasteiger partial charge in [0.2, 0.25) is 0 Å². The molecule has 6 nitrogen and oxygen atoms in total. The summed E-state index contributed by atoms with van der Waals surface area (Å²) in [6.07, 6.45) is 0.934. The number of ether oxygens (including phenoxy) is 1. The molecule has 0 amide bonds. The van der Waals surface area contributed by atoms with Crippen LogP contribution in [-0.2, 0) is 16.1 Å². The van der Waals surface area contributed by atoms with Crippen LogP contribution in [0.1, 0.15) is 17.5 Å². The van der Waals surface area contributed by atoms with Gasteiger partial charge in [0.1, 0.15) is 0 Å². The second kappa shape index (κ2) is 12.3. The number of halogens is 2. The fraction of sp³-hybridized carbons (Fsp3) is 0.263. The third-order valence-corrected chi connectivity index (χ3v) is 4.11. The Morgan fingerprint density at radius 1 is 1.15 bits per heavy atom. The summed E-state index contributed by atoms with van der Waals surface area (Å²) in [4.78, 5) is 18.2. The van der Waals surface area contributed by atoms with Gasteiger partial charge in [0.15, 0.2) is 5.75 Å². The van der Waals surface area contributed by atoms with Gasteiger partial charge in [0, 0.05) is 6.54 Å². The Morgan fingerprint density at radius 2 is 1.78 bits per heavy atom. The SMILES string of the molecule is Cc1cc(Cl)c(OCCCNCc2ccccc2)c(Br)c1.O=C(O)C(=O)O. The van der Waals surface area contributed by atoms with Crippen LogP contribution in [0.3, 0.4) is 0 Å². The molecule has 0 heterocycles. The number of aryl methyl sites for hydroxylation is 1. The Labute approximate surface area is 171 Å². The molecule has 0 spiro atoms. The zero-order chi connectivity index (χ0) is 20.2. The molecule has 0 aliphatic heterocycles. The van der Waals surface area contributed by atoms with Crippen molar-refractivity contribution in [1.82, 2.24) is 5.32 Å². The number of carboxylic acid groups (broad SMARTS) is 2. The van der Waals surface area contributed by atoms with Crippen LogP contribution in [0.25, 0.3) is 0 Å². The maximum atomic E-state index is 9.10. The van der Waals surface area contributed by atoms with E-state index in [4.69, 9.17) is 36.1 Å². The number of hydrogen-bond donors (Lipinski definition) is 3. The highest BCUT2D eigenvalue weighted by atomic mass is 79.9. The molecule has 0 bridgehead atoms. The van der Waals surface area contributed by atoms with Gasteiger partial charge in [-0.2, -0.15) is 0 Å². The van der Waals surface area contributed by atoms with Gasteiger partial charge in [0.25, 0.3) is 0 Å². The predicted molar refractivity (Wildman–Crippen MR) is 107 cm³/mol. The average Bonchev–Trinajstić information content (AvgIpc) is 2.61. The molecule has 27 heavy (non-hydrogen) atoms. The lowest BCUT2D eigenvalue weighted by molar-refractivity contribution is -0.159. The van der Waals surface area contributed by atoms with E-state index in [2.05, 4.69) is 45.5 Å². The van der Waals surface area contributed by atoms with Crippen molar-refractivity contribution >= 4 is 39.5 Å². The summed E-state index contributed by atoms with van der Waals surface area (Å²) in [7, 11) is 0. The van der Waals surface area contributed by atoms with Crippen molar-refractivity contribution in [3.8, 4) is 5.75 Å². The molecule has 0 saturated carbocycles. The number of carbonyl (C=O) groups is 2. The Hall–Kier alpha value is -2.09. The molecule has 0 radical (unpaired) electrons. The van der Waals surface area contributed by atoms with Crippen molar-refractivity contribution in [2.24, 2.45) is 0 Å². The zero-order valence-corrected chi connectivity index (χ0v) is 17.1. The van der Waals surface area contributed by atoms with E-state index in [1.807, 2.05) is 25.1 Å². The molecule has 0 aliphatic rings. The quantitative estimate of drug-likeness (QED) is 0.426.